The van der Waals surface area contributed by atoms with Crippen molar-refractivity contribution in [2.45, 2.75) is 44.2 Å². The van der Waals surface area contributed by atoms with Gasteiger partial charge in [0.15, 0.2) is 6.61 Å². The molecule has 1 N–H and O–H groups in total. The third-order valence-electron chi connectivity index (χ3n) is 2.49. The lowest BCUT2D eigenvalue weighted by molar-refractivity contribution is -0.167. The molecular formula is C15H21NO6S. The predicted molar refractivity (Wildman–Crippen MR) is 83.0 cm³/mol. The summed E-state index contributed by atoms with van der Waals surface area (Å²) in [5.74, 6) is -1.57. The zero-order chi connectivity index (χ0) is 17.7. The average molecular weight is 343 g/mol. The molecule has 1 atom stereocenters. The maximum absolute atomic E-state index is 12.1. The van der Waals surface area contributed by atoms with Gasteiger partial charge in [0.1, 0.15) is 11.6 Å². The lowest BCUT2D eigenvalue weighted by atomic mass is 10.2. The number of sulfonamides is 1. The summed E-state index contributed by atoms with van der Waals surface area (Å²) in [6.45, 7) is 5.81. The second-order valence-corrected chi connectivity index (χ2v) is 7.56. The minimum Gasteiger partial charge on any atom is -0.457 e. The quantitative estimate of drug-likeness (QED) is 0.780. The van der Waals surface area contributed by atoms with Crippen molar-refractivity contribution in [3.05, 3.63) is 30.3 Å². The molecule has 0 aliphatic carbocycles. The van der Waals surface area contributed by atoms with E-state index >= 15 is 0 Å². The van der Waals surface area contributed by atoms with Crippen LogP contribution in [0.15, 0.2) is 35.2 Å². The Morgan fingerprint density at radius 1 is 1.17 bits per heavy atom. The summed E-state index contributed by atoms with van der Waals surface area (Å²) in [4.78, 5) is 23.3. The molecule has 0 saturated heterocycles. The molecule has 1 rings (SSSR count). The van der Waals surface area contributed by atoms with Crippen molar-refractivity contribution in [2.24, 2.45) is 0 Å². The fourth-order valence-electron chi connectivity index (χ4n) is 1.57. The Hall–Kier alpha value is -1.93. The lowest BCUT2D eigenvalue weighted by Crippen LogP contribution is -2.40. The third kappa shape index (κ3) is 6.79. The average Bonchev–Trinajstić information content (AvgIpc) is 2.43. The Morgan fingerprint density at radius 2 is 1.74 bits per heavy atom. The zero-order valence-electron chi connectivity index (χ0n) is 13.5. The van der Waals surface area contributed by atoms with Crippen LogP contribution in [0.5, 0.6) is 0 Å². The molecule has 128 valence electrons. The van der Waals surface area contributed by atoms with Crippen LogP contribution in [0.3, 0.4) is 0 Å². The Labute approximate surface area is 136 Å². The number of ether oxygens (including phenoxy) is 2. The maximum atomic E-state index is 12.1. The maximum Gasteiger partial charge on any atom is 0.344 e. The van der Waals surface area contributed by atoms with Gasteiger partial charge < -0.3 is 9.47 Å². The summed E-state index contributed by atoms with van der Waals surface area (Å²) in [6, 6.07) is 6.49. The van der Waals surface area contributed by atoms with Crippen molar-refractivity contribution >= 4 is 22.0 Å². The number of carbonyl (C=O) groups excluding carboxylic acids is 2. The van der Waals surface area contributed by atoms with Gasteiger partial charge in [-0.2, -0.15) is 4.72 Å². The monoisotopic (exact) mass is 343 g/mol. The molecule has 0 heterocycles. The molecule has 1 aromatic rings. The molecule has 0 amide bonds. The summed E-state index contributed by atoms with van der Waals surface area (Å²) in [6.07, 6.45) is 0. The van der Waals surface area contributed by atoms with Crippen LogP contribution in [0.1, 0.15) is 27.7 Å². The minimum atomic E-state index is -3.84. The Balaban J connectivity index is 2.56. The number of benzene rings is 1. The van der Waals surface area contributed by atoms with Crippen molar-refractivity contribution in [3.63, 3.8) is 0 Å². The summed E-state index contributed by atoms with van der Waals surface area (Å²) in [7, 11) is -3.84. The van der Waals surface area contributed by atoms with Gasteiger partial charge in [-0.15, -0.1) is 0 Å². The van der Waals surface area contributed by atoms with E-state index in [1.807, 2.05) is 0 Å². The fraction of sp³-hybridized carbons (Fsp3) is 0.467. The SMILES string of the molecule is C[C@H](NS(=O)(=O)c1ccccc1)C(=O)OCC(=O)OC(C)(C)C. The molecule has 0 unspecified atom stereocenters. The summed E-state index contributed by atoms with van der Waals surface area (Å²) >= 11 is 0. The van der Waals surface area contributed by atoms with Crippen molar-refractivity contribution in [2.75, 3.05) is 6.61 Å². The van der Waals surface area contributed by atoms with Gasteiger partial charge in [-0.1, -0.05) is 18.2 Å². The van der Waals surface area contributed by atoms with Gasteiger partial charge in [0.2, 0.25) is 10.0 Å². The third-order valence-corrected chi connectivity index (χ3v) is 4.05. The van der Waals surface area contributed by atoms with Crippen LogP contribution in [0, 0.1) is 0 Å². The van der Waals surface area contributed by atoms with Crippen molar-refractivity contribution in [1.29, 1.82) is 0 Å². The molecule has 0 spiro atoms. The number of hydrogen-bond acceptors (Lipinski definition) is 6. The van der Waals surface area contributed by atoms with E-state index in [4.69, 9.17) is 9.47 Å². The molecule has 0 aliphatic rings. The van der Waals surface area contributed by atoms with Crippen LogP contribution >= 0.6 is 0 Å². The molecule has 7 nitrogen and oxygen atoms in total. The Bertz CT molecular complexity index is 648. The summed E-state index contributed by atoms with van der Waals surface area (Å²) in [5, 5.41) is 0. The number of rotatable bonds is 6. The summed E-state index contributed by atoms with van der Waals surface area (Å²) in [5.41, 5.74) is -0.690. The van der Waals surface area contributed by atoms with Gasteiger partial charge in [-0.05, 0) is 39.8 Å². The van der Waals surface area contributed by atoms with Gasteiger partial charge in [0.25, 0.3) is 0 Å². The molecule has 0 fully saturated rings. The topological polar surface area (TPSA) is 98.8 Å². The first-order chi connectivity index (χ1) is 10.5. The van der Waals surface area contributed by atoms with E-state index in [-0.39, 0.29) is 4.90 Å². The molecule has 8 heteroatoms. The number of esters is 2. The molecule has 0 bridgehead atoms. The predicted octanol–water partition coefficient (Wildman–Crippen LogP) is 1.24. The van der Waals surface area contributed by atoms with Crippen LogP contribution in [0.4, 0.5) is 0 Å². The highest BCUT2D eigenvalue weighted by Crippen LogP contribution is 2.09. The van der Waals surface area contributed by atoms with Gasteiger partial charge in [-0.3, -0.25) is 4.79 Å². The van der Waals surface area contributed by atoms with Crippen molar-refractivity contribution < 1.29 is 27.5 Å². The number of hydrogen-bond donors (Lipinski definition) is 1. The Kier molecular flexibility index (Phi) is 6.28. The van der Waals surface area contributed by atoms with Gasteiger partial charge in [0.05, 0.1) is 4.90 Å². The highest BCUT2D eigenvalue weighted by Gasteiger charge is 2.24. The van der Waals surface area contributed by atoms with E-state index < -0.39 is 40.2 Å². The van der Waals surface area contributed by atoms with Crippen LogP contribution in [0.25, 0.3) is 0 Å². The first-order valence-corrected chi connectivity index (χ1v) is 8.45. The van der Waals surface area contributed by atoms with Crippen LogP contribution < -0.4 is 4.72 Å². The summed E-state index contributed by atoms with van der Waals surface area (Å²) < 4.78 is 36.1. The highest BCUT2D eigenvalue weighted by molar-refractivity contribution is 7.89. The standard InChI is InChI=1S/C15H21NO6S/c1-11(14(18)21-10-13(17)22-15(2,3)4)16-23(19,20)12-8-6-5-7-9-12/h5-9,11,16H,10H2,1-4H3/t11-/m0/s1. The molecule has 23 heavy (non-hydrogen) atoms. The van der Waals surface area contributed by atoms with E-state index in [2.05, 4.69) is 4.72 Å². The first kappa shape index (κ1) is 19.1. The molecule has 0 saturated carbocycles. The van der Waals surface area contributed by atoms with E-state index in [9.17, 15) is 18.0 Å². The molecule has 0 aromatic heterocycles. The molecule has 1 aromatic carbocycles. The minimum absolute atomic E-state index is 0.0341. The Morgan fingerprint density at radius 3 is 2.26 bits per heavy atom. The lowest BCUT2D eigenvalue weighted by Gasteiger charge is -2.19. The van der Waals surface area contributed by atoms with E-state index in [1.54, 1.807) is 39.0 Å². The van der Waals surface area contributed by atoms with Gasteiger partial charge in [-0.25, -0.2) is 13.2 Å². The van der Waals surface area contributed by atoms with Crippen LogP contribution in [-0.2, 0) is 29.1 Å². The first-order valence-electron chi connectivity index (χ1n) is 6.97. The van der Waals surface area contributed by atoms with E-state index in [1.165, 1.54) is 19.1 Å². The molecule has 0 radical (unpaired) electrons. The number of nitrogens with one attached hydrogen (secondary N) is 1. The molecule has 0 aliphatic heterocycles. The van der Waals surface area contributed by atoms with Gasteiger partial charge >= 0.3 is 11.9 Å². The normalized spacial score (nSPS) is 13.2. The van der Waals surface area contributed by atoms with Crippen molar-refractivity contribution in [1.82, 2.24) is 4.72 Å². The van der Waals surface area contributed by atoms with Crippen LogP contribution in [0.2, 0.25) is 0 Å². The smallest absolute Gasteiger partial charge is 0.344 e. The fourth-order valence-corrected chi connectivity index (χ4v) is 2.79. The van der Waals surface area contributed by atoms with Crippen LogP contribution in [-0.4, -0.2) is 38.6 Å². The number of carbonyl (C=O) groups is 2. The van der Waals surface area contributed by atoms with E-state index in [0.29, 0.717) is 0 Å². The largest absolute Gasteiger partial charge is 0.457 e. The second kappa shape index (κ2) is 7.56. The van der Waals surface area contributed by atoms with Gasteiger partial charge in [0, 0.05) is 0 Å². The zero-order valence-corrected chi connectivity index (χ0v) is 14.3. The molecular weight excluding hydrogens is 322 g/mol. The van der Waals surface area contributed by atoms with Crippen molar-refractivity contribution in [3.8, 4) is 0 Å². The van der Waals surface area contributed by atoms with E-state index in [0.717, 1.165) is 0 Å². The second-order valence-electron chi connectivity index (χ2n) is 5.85. The highest BCUT2D eigenvalue weighted by atomic mass is 32.2.